The number of benzene rings is 4. The van der Waals surface area contributed by atoms with E-state index >= 15 is 0 Å². The van der Waals surface area contributed by atoms with Crippen molar-refractivity contribution in [3.05, 3.63) is 154 Å². The Morgan fingerprint density at radius 1 is 0.586 bits per heavy atom. The van der Waals surface area contributed by atoms with E-state index < -0.39 is 31.3 Å². The number of allylic oxidation sites excluding steroid dienone is 5. The van der Waals surface area contributed by atoms with Crippen LogP contribution in [0.15, 0.2) is 120 Å². The highest BCUT2D eigenvalue weighted by Gasteiger charge is 2.33. The van der Waals surface area contributed by atoms with E-state index in [1.54, 1.807) is 28.4 Å². The molecule has 0 saturated heterocycles. The van der Waals surface area contributed by atoms with E-state index in [2.05, 4.69) is 68.1 Å². The zero-order valence-corrected chi connectivity index (χ0v) is 34.0. The van der Waals surface area contributed by atoms with E-state index in [4.69, 9.17) is 27.2 Å². The van der Waals surface area contributed by atoms with Crippen LogP contribution in [0.3, 0.4) is 0 Å². The number of carbonyl (C=O) groups is 1. The molecule has 4 aromatic carbocycles. The summed E-state index contributed by atoms with van der Waals surface area (Å²) in [6.45, 7) is 3.26. The van der Waals surface area contributed by atoms with Crippen LogP contribution in [0, 0.1) is 11.8 Å². The van der Waals surface area contributed by atoms with Crippen LogP contribution in [0.5, 0.6) is 23.0 Å². The van der Waals surface area contributed by atoms with Crippen molar-refractivity contribution >= 4 is 5.78 Å². The minimum Gasteiger partial charge on any atom is -0.496 e. The summed E-state index contributed by atoms with van der Waals surface area (Å²) in [6.07, 6.45) is 10.5. The molecule has 0 amide bonds. The molecule has 0 bridgehead atoms. The quantitative estimate of drug-likeness (QED) is 0.119. The van der Waals surface area contributed by atoms with Gasteiger partial charge in [0.1, 0.15) is 28.8 Å². The Hall–Kier alpha value is -5.03. The van der Waals surface area contributed by atoms with Crippen molar-refractivity contribution < 1.29 is 32.0 Å². The molecule has 5 nitrogen and oxygen atoms in total. The maximum absolute atomic E-state index is 12.8. The Labute approximate surface area is 359 Å². The summed E-state index contributed by atoms with van der Waals surface area (Å²) < 4.78 is 69.7. The van der Waals surface area contributed by atoms with E-state index in [0.29, 0.717) is 29.9 Å². The first kappa shape index (κ1) is 38.5. The van der Waals surface area contributed by atoms with E-state index in [-0.39, 0.29) is 26.7 Å². The zero-order valence-electron chi connectivity index (χ0n) is 40.0. The van der Waals surface area contributed by atoms with E-state index in [1.165, 1.54) is 16.7 Å². The lowest BCUT2D eigenvalue weighted by Gasteiger charge is -2.32. The molecule has 0 heterocycles. The minimum atomic E-state index is -2.63. The van der Waals surface area contributed by atoms with Crippen LogP contribution < -0.4 is 18.9 Å². The van der Waals surface area contributed by atoms with Gasteiger partial charge in [0, 0.05) is 37.1 Å². The number of methoxy groups -OCH3 is 4. The molecular formula is C53H70O5. The van der Waals surface area contributed by atoms with E-state index in [9.17, 15) is 4.79 Å². The Bertz CT molecular complexity index is 2000. The van der Waals surface area contributed by atoms with Crippen LogP contribution >= 0.6 is 0 Å². The maximum Gasteiger partial charge on any atom is 0.133 e. The molecule has 312 valence electrons. The molecule has 0 unspecified atom stereocenters. The van der Waals surface area contributed by atoms with Gasteiger partial charge in [-0.3, -0.25) is 4.79 Å². The molecule has 0 spiro atoms. The molecule has 4 atom stereocenters. The highest BCUT2D eigenvalue weighted by atomic mass is 16.5. The molecule has 6 rings (SSSR count). The predicted octanol–water partition coefficient (Wildman–Crippen LogP) is 13.3. The number of ether oxygens (including phenoxy) is 4. The first-order valence-corrected chi connectivity index (χ1v) is 19.6. The van der Waals surface area contributed by atoms with E-state index in [0.717, 1.165) is 77.9 Å². The predicted molar refractivity (Wildman–Crippen MR) is 244 cm³/mol. The molecule has 0 aromatic heterocycles. The van der Waals surface area contributed by atoms with Gasteiger partial charge in [-0.25, -0.2) is 0 Å². The monoisotopic (exact) mass is 793 g/mol. The third-order valence-corrected chi connectivity index (χ3v) is 11.2. The van der Waals surface area contributed by atoms with Crippen LogP contribution in [-0.4, -0.2) is 34.2 Å². The van der Waals surface area contributed by atoms with Crippen molar-refractivity contribution in [2.75, 3.05) is 28.4 Å². The average molecular weight is 793 g/mol. The third-order valence-electron chi connectivity index (χ3n) is 11.2. The number of carbonyl (C=O) groups excluding carboxylic acids is 1. The largest absolute Gasteiger partial charge is 0.496 e. The Morgan fingerprint density at radius 2 is 0.948 bits per heavy atom. The standard InChI is InChI=1S/C26H32O2.C25H30O3.2CH4/c1-18(2)22-14-11-19(3)15-23(22)26-24(27-4)16-21(17-25(26)28-5)13-12-20-9-7-6-8-10-20;1-17-10-13-21(18(2)26)22(14-17)25-23(27-3)15-20(16-24(25)28-4)12-11-19-8-6-5-7-9-19;;/h6-10,15-17,22-23H,1,11-14H2,2-5H3;5-9,14-16,21-22H,10-13H2,1-4H3;2*1H4/t22-,23+;21-,22+;;/m00../s1/i2*2D3;;. The van der Waals surface area contributed by atoms with Gasteiger partial charge in [0.25, 0.3) is 0 Å². The zero-order chi connectivity index (χ0) is 45.2. The second kappa shape index (κ2) is 22.8. The van der Waals surface area contributed by atoms with Gasteiger partial charge in [0.2, 0.25) is 0 Å². The van der Waals surface area contributed by atoms with Gasteiger partial charge in [-0.05, 0) is 131 Å². The molecule has 58 heavy (non-hydrogen) atoms. The number of aryl methyl sites for hydroxylation is 4. The molecular weight excluding hydrogens is 717 g/mol. The molecule has 2 aliphatic carbocycles. The molecule has 0 fully saturated rings. The molecule has 5 heteroatoms. The van der Waals surface area contributed by atoms with Crippen molar-refractivity contribution in [2.24, 2.45) is 11.8 Å². The topological polar surface area (TPSA) is 54.0 Å². The van der Waals surface area contributed by atoms with Crippen LogP contribution in [0.25, 0.3) is 0 Å². The fraction of sp³-hybridized carbons (Fsp3) is 0.415. The van der Waals surface area contributed by atoms with Gasteiger partial charge >= 0.3 is 0 Å². The Morgan fingerprint density at radius 3 is 1.31 bits per heavy atom. The molecule has 2 aliphatic rings. The van der Waals surface area contributed by atoms with Crippen molar-refractivity contribution in [2.45, 2.75) is 106 Å². The Kier molecular flexibility index (Phi) is 15.1. The second-order valence-electron chi connectivity index (χ2n) is 15.1. The lowest BCUT2D eigenvalue weighted by atomic mass is 9.73. The number of Topliss-reactive ketones (excluding diaryl/α,β-unsaturated/α-hetero) is 1. The molecule has 0 radical (unpaired) electrons. The summed E-state index contributed by atoms with van der Waals surface area (Å²) in [4.78, 5) is 12.8. The lowest BCUT2D eigenvalue weighted by molar-refractivity contribution is -0.121. The summed E-state index contributed by atoms with van der Waals surface area (Å²) in [5, 5.41) is 0. The number of ketones is 1. The molecule has 4 aromatic rings. The highest BCUT2D eigenvalue weighted by Crippen LogP contribution is 2.48. The Balaban J connectivity index is 0.000000330. The van der Waals surface area contributed by atoms with Crippen molar-refractivity contribution in [3.63, 3.8) is 0 Å². The first-order chi connectivity index (χ1) is 29.5. The summed E-state index contributed by atoms with van der Waals surface area (Å²) in [5.74, 6) is 0.679. The van der Waals surface area contributed by atoms with Crippen molar-refractivity contribution in [1.82, 2.24) is 0 Å². The molecule has 0 aliphatic heterocycles. The normalized spacial score (nSPS) is 20.4. The average Bonchev–Trinajstić information content (AvgIpc) is 3.26. The second-order valence-corrected chi connectivity index (χ2v) is 15.1. The summed E-state index contributed by atoms with van der Waals surface area (Å²) in [6, 6.07) is 28.7. The third kappa shape index (κ3) is 12.0. The van der Waals surface area contributed by atoms with Gasteiger partial charge < -0.3 is 18.9 Å². The molecule has 0 N–H and O–H groups in total. The number of hydrogen-bond acceptors (Lipinski definition) is 5. The minimum absolute atomic E-state index is 0. The highest BCUT2D eigenvalue weighted by molar-refractivity contribution is 5.80. The number of rotatable bonds is 14. The summed E-state index contributed by atoms with van der Waals surface area (Å²) in [7, 11) is 6.51. The van der Waals surface area contributed by atoms with Crippen molar-refractivity contribution in [3.8, 4) is 23.0 Å². The first-order valence-electron chi connectivity index (χ1n) is 22.6. The van der Waals surface area contributed by atoms with Gasteiger partial charge in [-0.15, -0.1) is 0 Å². The lowest BCUT2D eigenvalue weighted by Crippen LogP contribution is -2.23. The number of hydrogen-bond donors (Lipinski definition) is 0. The van der Waals surface area contributed by atoms with Crippen LogP contribution in [-0.2, 0) is 30.5 Å². The van der Waals surface area contributed by atoms with Crippen LogP contribution in [0.4, 0.5) is 0 Å². The fourth-order valence-electron chi connectivity index (χ4n) is 8.19. The van der Waals surface area contributed by atoms with Crippen molar-refractivity contribution in [1.29, 1.82) is 0 Å². The van der Waals surface area contributed by atoms with Gasteiger partial charge in [0.05, 0.1) is 28.4 Å². The smallest absolute Gasteiger partial charge is 0.133 e. The summed E-state index contributed by atoms with van der Waals surface area (Å²) >= 11 is 0. The van der Waals surface area contributed by atoms with Crippen LogP contribution in [0.2, 0.25) is 0 Å². The van der Waals surface area contributed by atoms with Crippen LogP contribution in [0.1, 0.15) is 122 Å². The van der Waals surface area contributed by atoms with E-state index in [1.807, 2.05) is 49.4 Å². The fourth-order valence-corrected chi connectivity index (χ4v) is 8.19. The van der Waals surface area contributed by atoms with Gasteiger partial charge in [0.15, 0.2) is 0 Å². The van der Waals surface area contributed by atoms with Gasteiger partial charge in [-0.2, -0.15) is 0 Å². The SMILES string of the molecule is C.C.[2H]C([2H])([2H])C(=C)[C@@H]1CCC(C)=C[C@H]1c1c(OC)cc(CCc2ccccc2)cc1OC.[2H]C([2H])([2H])C(=O)[C@@H]1CCC(C)=C[C@H]1c1c(OC)cc(CCc2ccccc2)cc1OC. The maximum atomic E-state index is 12.8. The molecule has 0 saturated carbocycles. The van der Waals surface area contributed by atoms with Gasteiger partial charge in [-0.1, -0.05) is 111 Å². The summed E-state index contributed by atoms with van der Waals surface area (Å²) in [5.41, 5.74) is 9.06.